The number of hydrogen-bond donors (Lipinski definition) is 0. The minimum atomic E-state index is -0.439. The molecule has 0 aliphatic carbocycles. The lowest BCUT2D eigenvalue weighted by Crippen LogP contribution is -2.45. The second kappa shape index (κ2) is 7.82. The average molecular weight is 318 g/mol. The predicted molar refractivity (Wildman–Crippen MR) is 93.4 cm³/mol. The van der Waals surface area contributed by atoms with E-state index in [1.54, 1.807) is 0 Å². The van der Waals surface area contributed by atoms with Gasteiger partial charge in [0.25, 0.3) is 0 Å². The van der Waals surface area contributed by atoms with Gasteiger partial charge in [0.05, 0.1) is 0 Å². The molecule has 1 aliphatic heterocycles. The molecule has 1 fully saturated rings. The number of benzene rings is 1. The van der Waals surface area contributed by atoms with Crippen LogP contribution >= 0.6 is 0 Å². The first kappa shape index (κ1) is 17.8. The van der Waals surface area contributed by atoms with Crippen molar-refractivity contribution in [3.8, 4) is 0 Å². The fraction of sp³-hybridized carbons (Fsp3) is 0.632. The Bertz CT molecular complexity index is 496. The first-order valence-electron chi connectivity index (χ1n) is 8.65. The molecule has 0 bridgehead atoms. The molecule has 1 amide bonds. The summed E-state index contributed by atoms with van der Waals surface area (Å²) in [7, 11) is 0. The third kappa shape index (κ3) is 5.54. The SMILES string of the molecule is CCCN(C(=O)OC(C)(C)C)[C@H]1CCN(Cc2ccccc2)C1. The summed E-state index contributed by atoms with van der Waals surface area (Å²) in [5.41, 5.74) is 0.887. The third-order valence-electron chi connectivity index (χ3n) is 4.03. The van der Waals surface area contributed by atoms with E-state index in [1.807, 2.05) is 31.7 Å². The fourth-order valence-corrected chi connectivity index (χ4v) is 3.04. The summed E-state index contributed by atoms with van der Waals surface area (Å²) >= 11 is 0. The van der Waals surface area contributed by atoms with E-state index in [2.05, 4.69) is 36.1 Å². The summed E-state index contributed by atoms with van der Waals surface area (Å²) in [5, 5.41) is 0. The molecule has 0 N–H and O–H groups in total. The van der Waals surface area contributed by atoms with Gasteiger partial charge < -0.3 is 9.64 Å². The molecule has 23 heavy (non-hydrogen) atoms. The maximum absolute atomic E-state index is 12.5. The van der Waals surface area contributed by atoms with Gasteiger partial charge in [-0.1, -0.05) is 37.3 Å². The molecule has 1 saturated heterocycles. The lowest BCUT2D eigenvalue weighted by molar-refractivity contribution is 0.0167. The van der Waals surface area contributed by atoms with Gasteiger partial charge in [0.15, 0.2) is 0 Å². The van der Waals surface area contributed by atoms with E-state index in [0.717, 1.165) is 39.0 Å². The van der Waals surface area contributed by atoms with Crippen LogP contribution in [-0.4, -0.2) is 47.2 Å². The number of ether oxygens (including phenoxy) is 1. The smallest absolute Gasteiger partial charge is 0.410 e. The zero-order valence-electron chi connectivity index (χ0n) is 14.9. The van der Waals surface area contributed by atoms with Gasteiger partial charge in [-0.25, -0.2) is 4.79 Å². The van der Waals surface area contributed by atoms with Crippen molar-refractivity contribution in [2.45, 2.75) is 58.7 Å². The van der Waals surface area contributed by atoms with Crippen LogP contribution in [0.1, 0.15) is 46.1 Å². The van der Waals surface area contributed by atoms with Crippen molar-refractivity contribution >= 4 is 6.09 Å². The number of carbonyl (C=O) groups is 1. The minimum absolute atomic E-state index is 0.175. The van der Waals surface area contributed by atoms with Crippen molar-refractivity contribution in [3.63, 3.8) is 0 Å². The van der Waals surface area contributed by atoms with Gasteiger partial charge in [-0.2, -0.15) is 0 Å². The van der Waals surface area contributed by atoms with Crippen molar-refractivity contribution < 1.29 is 9.53 Å². The van der Waals surface area contributed by atoms with Gasteiger partial charge in [-0.05, 0) is 39.2 Å². The van der Waals surface area contributed by atoms with Gasteiger partial charge in [-0.15, -0.1) is 0 Å². The van der Waals surface area contributed by atoms with Crippen molar-refractivity contribution in [3.05, 3.63) is 35.9 Å². The highest BCUT2D eigenvalue weighted by Gasteiger charge is 2.32. The van der Waals surface area contributed by atoms with Gasteiger partial charge in [-0.3, -0.25) is 4.90 Å². The van der Waals surface area contributed by atoms with Crippen LogP contribution in [0.2, 0.25) is 0 Å². The third-order valence-corrected chi connectivity index (χ3v) is 4.03. The Morgan fingerprint density at radius 3 is 2.61 bits per heavy atom. The van der Waals surface area contributed by atoms with E-state index >= 15 is 0 Å². The van der Waals surface area contributed by atoms with E-state index < -0.39 is 5.60 Å². The molecule has 128 valence electrons. The van der Waals surface area contributed by atoms with E-state index in [-0.39, 0.29) is 12.1 Å². The molecule has 0 spiro atoms. The average Bonchev–Trinajstić information content (AvgIpc) is 2.92. The second-order valence-electron chi connectivity index (χ2n) is 7.34. The normalized spacial score (nSPS) is 18.9. The van der Waals surface area contributed by atoms with Crippen LogP contribution in [0.5, 0.6) is 0 Å². The highest BCUT2D eigenvalue weighted by molar-refractivity contribution is 5.68. The summed E-state index contributed by atoms with van der Waals surface area (Å²) in [6, 6.07) is 10.8. The minimum Gasteiger partial charge on any atom is -0.444 e. The number of hydrogen-bond acceptors (Lipinski definition) is 3. The Morgan fingerprint density at radius 1 is 1.30 bits per heavy atom. The van der Waals surface area contributed by atoms with Crippen LogP contribution < -0.4 is 0 Å². The first-order chi connectivity index (χ1) is 10.9. The number of likely N-dealkylation sites (tertiary alicyclic amines) is 1. The molecular weight excluding hydrogens is 288 g/mol. The lowest BCUT2D eigenvalue weighted by atomic mass is 10.2. The zero-order chi connectivity index (χ0) is 16.9. The van der Waals surface area contributed by atoms with Gasteiger partial charge in [0.2, 0.25) is 0 Å². The molecule has 0 radical (unpaired) electrons. The van der Waals surface area contributed by atoms with Crippen molar-refractivity contribution in [1.82, 2.24) is 9.80 Å². The monoisotopic (exact) mass is 318 g/mol. The number of nitrogens with zero attached hydrogens (tertiary/aromatic N) is 2. The number of rotatable bonds is 5. The zero-order valence-corrected chi connectivity index (χ0v) is 14.9. The molecule has 0 saturated carbocycles. The molecule has 1 aromatic carbocycles. The molecule has 1 aromatic rings. The highest BCUT2D eigenvalue weighted by Crippen LogP contribution is 2.21. The number of amides is 1. The van der Waals surface area contributed by atoms with Crippen LogP contribution in [0.25, 0.3) is 0 Å². The first-order valence-corrected chi connectivity index (χ1v) is 8.65. The standard InChI is InChI=1S/C19H30N2O2/c1-5-12-21(18(22)23-19(2,3)4)17-11-13-20(15-17)14-16-9-7-6-8-10-16/h6-10,17H,5,11-15H2,1-4H3/t17-/m0/s1. The Labute approximate surface area is 140 Å². The van der Waals surface area contributed by atoms with Crippen LogP contribution in [0.4, 0.5) is 4.79 Å². The van der Waals surface area contributed by atoms with E-state index in [0.29, 0.717) is 0 Å². The van der Waals surface area contributed by atoms with Crippen LogP contribution in [0.15, 0.2) is 30.3 Å². The van der Waals surface area contributed by atoms with Gasteiger partial charge in [0.1, 0.15) is 5.60 Å². The molecule has 4 heteroatoms. The highest BCUT2D eigenvalue weighted by atomic mass is 16.6. The van der Waals surface area contributed by atoms with Gasteiger partial charge in [0, 0.05) is 32.2 Å². The van der Waals surface area contributed by atoms with E-state index in [1.165, 1.54) is 5.56 Å². The Kier molecular flexibility index (Phi) is 6.05. The van der Waals surface area contributed by atoms with Crippen LogP contribution in [0, 0.1) is 0 Å². The molecule has 2 rings (SSSR count). The summed E-state index contributed by atoms with van der Waals surface area (Å²) in [6.45, 7) is 11.5. The van der Waals surface area contributed by atoms with Crippen molar-refractivity contribution in [1.29, 1.82) is 0 Å². The quantitative estimate of drug-likeness (QED) is 0.825. The maximum Gasteiger partial charge on any atom is 0.410 e. The molecule has 0 aromatic heterocycles. The summed E-state index contributed by atoms with van der Waals surface area (Å²) in [6.07, 6.45) is 1.80. The van der Waals surface area contributed by atoms with Gasteiger partial charge >= 0.3 is 6.09 Å². The Morgan fingerprint density at radius 2 is 2.00 bits per heavy atom. The molecule has 1 heterocycles. The topological polar surface area (TPSA) is 32.8 Å². The van der Waals surface area contributed by atoms with Crippen molar-refractivity contribution in [2.24, 2.45) is 0 Å². The van der Waals surface area contributed by atoms with Crippen LogP contribution in [0.3, 0.4) is 0 Å². The Balaban J connectivity index is 1.94. The Hall–Kier alpha value is -1.55. The maximum atomic E-state index is 12.5. The summed E-state index contributed by atoms with van der Waals surface area (Å²) in [5.74, 6) is 0. The molecule has 1 atom stereocenters. The summed E-state index contributed by atoms with van der Waals surface area (Å²) < 4.78 is 5.59. The molecule has 4 nitrogen and oxygen atoms in total. The molecular formula is C19H30N2O2. The fourth-order valence-electron chi connectivity index (χ4n) is 3.04. The van der Waals surface area contributed by atoms with Crippen molar-refractivity contribution in [2.75, 3.05) is 19.6 Å². The summed E-state index contributed by atoms with van der Waals surface area (Å²) in [4.78, 5) is 16.8. The molecule has 0 unspecified atom stereocenters. The predicted octanol–water partition coefficient (Wildman–Crippen LogP) is 3.91. The van der Waals surface area contributed by atoms with E-state index in [4.69, 9.17) is 4.74 Å². The largest absolute Gasteiger partial charge is 0.444 e. The molecule has 1 aliphatic rings. The number of carbonyl (C=O) groups excluding carboxylic acids is 1. The lowest BCUT2D eigenvalue weighted by Gasteiger charge is -2.31. The second-order valence-corrected chi connectivity index (χ2v) is 7.34. The van der Waals surface area contributed by atoms with Crippen LogP contribution in [-0.2, 0) is 11.3 Å². The van der Waals surface area contributed by atoms with E-state index in [9.17, 15) is 4.79 Å².